The SMILES string of the molecule is CC(CN1CCCC1)NS(=O)(=O)N(C)CCCO. The standard InChI is InChI=1S/C11H25N3O3S/c1-11(10-14-7-3-4-8-14)12-18(16,17)13(2)6-5-9-15/h11-12,15H,3-10H2,1-2H3. The number of aliphatic hydroxyl groups is 1. The summed E-state index contributed by atoms with van der Waals surface area (Å²) in [5.74, 6) is 0. The molecule has 1 atom stereocenters. The van der Waals surface area contributed by atoms with Crippen molar-refractivity contribution in [1.29, 1.82) is 0 Å². The van der Waals surface area contributed by atoms with Gasteiger partial charge in [-0.05, 0) is 39.3 Å². The molecule has 0 aliphatic carbocycles. The number of hydrogen-bond acceptors (Lipinski definition) is 4. The molecule has 1 aliphatic rings. The third-order valence-electron chi connectivity index (χ3n) is 3.12. The lowest BCUT2D eigenvalue weighted by atomic mass is 10.3. The maximum absolute atomic E-state index is 11.9. The van der Waals surface area contributed by atoms with Crippen LogP contribution in [0.5, 0.6) is 0 Å². The van der Waals surface area contributed by atoms with Gasteiger partial charge in [-0.2, -0.15) is 17.4 Å². The van der Waals surface area contributed by atoms with E-state index >= 15 is 0 Å². The molecule has 1 saturated heterocycles. The second-order valence-electron chi connectivity index (χ2n) is 4.93. The highest BCUT2D eigenvalue weighted by Crippen LogP contribution is 2.08. The average molecular weight is 279 g/mol. The third-order valence-corrected chi connectivity index (χ3v) is 4.83. The molecule has 0 amide bonds. The van der Waals surface area contributed by atoms with Crippen LogP contribution in [0.2, 0.25) is 0 Å². The second-order valence-corrected chi connectivity index (χ2v) is 6.74. The summed E-state index contributed by atoms with van der Waals surface area (Å²) in [5, 5.41) is 8.70. The topological polar surface area (TPSA) is 72.9 Å². The molecular formula is C11H25N3O3S. The van der Waals surface area contributed by atoms with Gasteiger partial charge in [-0.25, -0.2) is 0 Å². The zero-order valence-electron chi connectivity index (χ0n) is 11.3. The van der Waals surface area contributed by atoms with Gasteiger partial charge in [-0.1, -0.05) is 0 Å². The van der Waals surface area contributed by atoms with Crippen LogP contribution in [0.3, 0.4) is 0 Å². The molecule has 1 heterocycles. The number of rotatable bonds is 8. The molecule has 0 aromatic rings. The van der Waals surface area contributed by atoms with E-state index in [1.165, 1.54) is 24.2 Å². The number of nitrogens with zero attached hydrogens (tertiary/aromatic N) is 2. The Bertz CT molecular complexity index is 328. The highest BCUT2D eigenvalue weighted by atomic mass is 32.2. The average Bonchev–Trinajstić information content (AvgIpc) is 2.77. The van der Waals surface area contributed by atoms with Crippen molar-refractivity contribution in [2.75, 3.05) is 39.8 Å². The minimum Gasteiger partial charge on any atom is -0.396 e. The van der Waals surface area contributed by atoms with Crippen LogP contribution in [-0.4, -0.2) is 68.6 Å². The summed E-state index contributed by atoms with van der Waals surface area (Å²) in [6.07, 6.45) is 2.86. The smallest absolute Gasteiger partial charge is 0.279 e. The molecule has 1 unspecified atom stereocenters. The van der Waals surface area contributed by atoms with Gasteiger partial charge in [0.05, 0.1) is 0 Å². The Morgan fingerprint density at radius 1 is 1.39 bits per heavy atom. The minimum absolute atomic E-state index is 0.00317. The van der Waals surface area contributed by atoms with E-state index in [9.17, 15) is 8.42 Å². The lowest BCUT2D eigenvalue weighted by Gasteiger charge is -2.24. The second kappa shape index (κ2) is 7.40. The van der Waals surface area contributed by atoms with E-state index in [-0.39, 0.29) is 12.6 Å². The van der Waals surface area contributed by atoms with E-state index in [4.69, 9.17) is 5.11 Å². The van der Waals surface area contributed by atoms with Crippen LogP contribution in [0.4, 0.5) is 0 Å². The van der Waals surface area contributed by atoms with E-state index in [0.717, 1.165) is 19.6 Å². The summed E-state index contributed by atoms with van der Waals surface area (Å²) in [6, 6.07) is -0.0929. The molecule has 108 valence electrons. The first-order chi connectivity index (χ1) is 8.45. The van der Waals surface area contributed by atoms with Gasteiger partial charge in [0.15, 0.2) is 0 Å². The quantitative estimate of drug-likeness (QED) is 0.635. The molecule has 0 radical (unpaired) electrons. The Labute approximate surface area is 110 Å². The van der Waals surface area contributed by atoms with E-state index in [1.807, 2.05) is 6.92 Å². The Morgan fingerprint density at radius 3 is 2.56 bits per heavy atom. The number of likely N-dealkylation sites (tertiary alicyclic amines) is 1. The Hall–Kier alpha value is -0.210. The van der Waals surface area contributed by atoms with Gasteiger partial charge < -0.3 is 10.0 Å². The molecule has 1 fully saturated rings. The van der Waals surface area contributed by atoms with Crippen molar-refractivity contribution in [2.45, 2.75) is 32.2 Å². The predicted octanol–water partition coefficient (Wildman–Crippen LogP) is -0.381. The zero-order chi connectivity index (χ0) is 13.6. The van der Waals surface area contributed by atoms with E-state index in [1.54, 1.807) is 0 Å². The fraction of sp³-hybridized carbons (Fsp3) is 1.00. The van der Waals surface area contributed by atoms with Crippen LogP contribution < -0.4 is 4.72 Å². The summed E-state index contributed by atoms with van der Waals surface area (Å²) in [4.78, 5) is 2.28. The Morgan fingerprint density at radius 2 is 2.00 bits per heavy atom. The maximum atomic E-state index is 11.9. The summed E-state index contributed by atoms with van der Waals surface area (Å²) < 4.78 is 27.8. The molecule has 7 heteroatoms. The van der Waals surface area contributed by atoms with Crippen molar-refractivity contribution in [1.82, 2.24) is 13.9 Å². The van der Waals surface area contributed by atoms with Crippen LogP contribution >= 0.6 is 0 Å². The highest BCUT2D eigenvalue weighted by Gasteiger charge is 2.22. The Balaban J connectivity index is 2.38. The van der Waals surface area contributed by atoms with Crippen LogP contribution in [0.25, 0.3) is 0 Å². The molecule has 1 aliphatic heterocycles. The summed E-state index contributed by atoms with van der Waals surface area (Å²) >= 11 is 0. The molecular weight excluding hydrogens is 254 g/mol. The normalized spacial score (nSPS) is 19.6. The Kier molecular flexibility index (Phi) is 6.51. The zero-order valence-corrected chi connectivity index (χ0v) is 12.1. The lowest BCUT2D eigenvalue weighted by Crippen LogP contribution is -2.47. The van der Waals surface area contributed by atoms with Crippen LogP contribution in [0.1, 0.15) is 26.2 Å². The minimum atomic E-state index is -3.43. The molecule has 0 aromatic carbocycles. The molecule has 0 bridgehead atoms. The molecule has 6 nitrogen and oxygen atoms in total. The van der Waals surface area contributed by atoms with E-state index in [0.29, 0.717) is 13.0 Å². The van der Waals surface area contributed by atoms with Crippen LogP contribution in [-0.2, 0) is 10.2 Å². The first-order valence-corrected chi connectivity index (χ1v) is 7.96. The number of nitrogens with one attached hydrogen (secondary N) is 1. The van der Waals surface area contributed by atoms with Crippen molar-refractivity contribution >= 4 is 10.2 Å². The monoisotopic (exact) mass is 279 g/mol. The highest BCUT2D eigenvalue weighted by molar-refractivity contribution is 7.87. The van der Waals surface area contributed by atoms with Gasteiger partial charge in [-0.15, -0.1) is 0 Å². The van der Waals surface area contributed by atoms with Crippen LogP contribution in [0, 0.1) is 0 Å². The van der Waals surface area contributed by atoms with Gasteiger partial charge in [0, 0.05) is 32.8 Å². The first kappa shape index (κ1) is 15.8. The van der Waals surface area contributed by atoms with E-state index < -0.39 is 10.2 Å². The van der Waals surface area contributed by atoms with Crippen molar-refractivity contribution in [3.05, 3.63) is 0 Å². The van der Waals surface area contributed by atoms with Crippen molar-refractivity contribution in [2.24, 2.45) is 0 Å². The fourth-order valence-corrected chi connectivity index (χ4v) is 3.28. The van der Waals surface area contributed by atoms with Gasteiger partial charge >= 0.3 is 0 Å². The third kappa shape index (κ3) is 5.19. The van der Waals surface area contributed by atoms with Gasteiger partial charge in [0.2, 0.25) is 0 Å². The van der Waals surface area contributed by atoms with E-state index in [2.05, 4.69) is 9.62 Å². The predicted molar refractivity (Wildman–Crippen MR) is 71.5 cm³/mol. The lowest BCUT2D eigenvalue weighted by molar-refractivity contribution is 0.274. The fourth-order valence-electron chi connectivity index (χ4n) is 2.15. The van der Waals surface area contributed by atoms with Gasteiger partial charge in [0.25, 0.3) is 10.2 Å². The molecule has 2 N–H and O–H groups in total. The summed E-state index contributed by atoms with van der Waals surface area (Å²) in [7, 11) is -1.90. The molecule has 0 spiro atoms. The molecule has 1 rings (SSSR count). The van der Waals surface area contributed by atoms with Crippen molar-refractivity contribution < 1.29 is 13.5 Å². The van der Waals surface area contributed by atoms with Crippen LogP contribution in [0.15, 0.2) is 0 Å². The van der Waals surface area contributed by atoms with Gasteiger partial charge in [-0.3, -0.25) is 0 Å². The molecule has 0 saturated carbocycles. The maximum Gasteiger partial charge on any atom is 0.279 e. The number of aliphatic hydroxyl groups excluding tert-OH is 1. The largest absolute Gasteiger partial charge is 0.396 e. The summed E-state index contributed by atoms with van der Waals surface area (Å²) in [6.45, 7) is 5.10. The number of hydrogen-bond donors (Lipinski definition) is 2. The molecule has 0 aromatic heterocycles. The van der Waals surface area contributed by atoms with Crippen molar-refractivity contribution in [3.63, 3.8) is 0 Å². The van der Waals surface area contributed by atoms with Gasteiger partial charge in [0.1, 0.15) is 0 Å². The van der Waals surface area contributed by atoms with Crippen molar-refractivity contribution in [3.8, 4) is 0 Å². The first-order valence-electron chi connectivity index (χ1n) is 6.52. The summed E-state index contributed by atoms with van der Waals surface area (Å²) in [5.41, 5.74) is 0. The molecule has 18 heavy (non-hydrogen) atoms.